The van der Waals surface area contributed by atoms with Gasteiger partial charge in [0.1, 0.15) is 23.8 Å². The number of aryl methyl sites for hydroxylation is 1. The molecule has 3 aromatic rings. The van der Waals surface area contributed by atoms with Crippen LogP contribution in [-0.4, -0.2) is 22.7 Å². The molecule has 3 rings (SSSR count). The molecule has 0 spiro atoms. The highest BCUT2D eigenvalue weighted by atomic mass is 35.5. The van der Waals surface area contributed by atoms with Crippen molar-refractivity contribution in [2.45, 2.75) is 6.61 Å². The third-order valence-corrected chi connectivity index (χ3v) is 4.61. The molecule has 0 saturated heterocycles. The van der Waals surface area contributed by atoms with E-state index < -0.39 is 0 Å². The SMILES string of the molecule is COc1ccc(/C=C/C(=O)c2ccnn2C)cc1COc1ccc(Cl)cc1Cl. The minimum absolute atomic E-state index is 0.124. The number of aromatic nitrogens is 2. The Kier molecular flexibility index (Phi) is 6.39. The summed E-state index contributed by atoms with van der Waals surface area (Å²) in [6.45, 7) is 0.252. The Morgan fingerprint density at radius 2 is 1.93 bits per heavy atom. The van der Waals surface area contributed by atoms with Gasteiger partial charge in [0.2, 0.25) is 5.78 Å². The van der Waals surface area contributed by atoms with E-state index in [4.69, 9.17) is 32.7 Å². The quantitative estimate of drug-likeness (QED) is 0.391. The lowest BCUT2D eigenvalue weighted by Gasteiger charge is -2.12. The van der Waals surface area contributed by atoms with Crippen LogP contribution in [0.25, 0.3) is 6.08 Å². The lowest BCUT2D eigenvalue weighted by atomic mass is 10.1. The fraction of sp³-hybridized carbons (Fsp3) is 0.143. The van der Waals surface area contributed by atoms with E-state index in [9.17, 15) is 4.79 Å². The largest absolute Gasteiger partial charge is 0.496 e. The van der Waals surface area contributed by atoms with Gasteiger partial charge in [-0.05, 0) is 48.0 Å². The van der Waals surface area contributed by atoms with Crippen molar-refractivity contribution in [3.8, 4) is 11.5 Å². The van der Waals surface area contributed by atoms with Crippen LogP contribution in [0.4, 0.5) is 0 Å². The summed E-state index contributed by atoms with van der Waals surface area (Å²) in [4.78, 5) is 12.3. The predicted molar refractivity (Wildman–Crippen MR) is 110 cm³/mol. The second-order valence-electron chi connectivity index (χ2n) is 5.97. The first-order chi connectivity index (χ1) is 13.5. The highest BCUT2D eigenvalue weighted by molar-refractivity contribution is 6.35. The van der Waals surface area contributed by atoms with E-state index >= 15 is 0 Å². The Morgan fingerprint density at radius 1 is 1.14 bits per heavy atom. The fourth-order valence-electron chi connectivity index (χ4n) is 2.64. The van der Waals surface area contributed by atoms with Gasteiger partial charge in [0, 0.05) is 23.8 Å². The molecule has 5 nitrogen and oxygen atoms in total. The summed E-state index contributed by atoms with van der Waals surface area (Å²) in [6.07, 6.45) is 4.85. The molecule has 0 bridgehead atoms. The van der Waals surface area contributed by atoms with Crippen LogP contribution in [0.15, 0.2) is 54.7 Å². The normalized spacial score (nSPS) is 11.0. The summed E-state index contributed by atoms with van der Waals surface area (Å²) in [5, 5.41) is 4.98. The van der Waals surface area contributed by atoms with Gasteiger partial charge in [-0.1, -0.05) is 35.3 Å². The van der Waals surface area contributed by atoms with E-state index in [2.05, 4.69) is 5.10 Å². The lowest BCUT2D eigenvalue weighted by molar-refractivity contribution is 0.103. The summed E-state index contributed by atoms with van der Waals surface area (Å²) in [6, 6.07) is 12.3. The molecule has 0 amide bonds. The Balaban J connectivity index is 1.77. The zero-order valence-electron chi connectivity index (χ0n) is 15.4. The molecular weight excluding hydrogens is 399 g/mol. The molecule has 0 aliphatic heterocycles. The molecule has 144 valence electrons. The van der Waals surface area contributed by atoms with Crippen molar-refractivity contribution in [2.75, 3.05) is 7.11 Å². The van der Waals surface area contributed by atoms with Gasteiger partial charge < -0.3 is 9.47 Å². The second kappa shape index (κ2) is 8.95. The zero-order chi connectivity index (χ0) is 20.1. The average Bonchev–Trinajstić information content (AvgIpc) is 3.11. The van der Waals surface area contributed by atoms with Crippen LogP contribution in [0.2, 0.25) is 10.0 Å². The number of ketones is 1. The maximum Gasteiger partial charge on any atom is 0.203 e. The first-order valence-corrected chi connectivity index (χ1v) is 9.18. The number of benzene rings is 2. The highest BCUT2D eigenvalue weighted by Gasteiger charge is 2.09. The third kappa shape index (κ3) is 4.74. The minimum Gasteiger partial charge on any atom is -0.496 e. The van der Waals surface area contributed by atoms with Crippen molar-refractivity contribution in [2.24, 2.45) is 7.05 Å². The van der Waals surface area contributed by atoms with Gasteiger partial charge in [-0.25, -0.2) is 0 Å². The number of ether oxygens (including phenoxy) is 2. The molecule has 0 fully saturated rings. The Morgan fingerprint density at radius 3 is 2.61 bits per heavy atom. The maximum atomic E-state index is 12.3. The van der Waals surface area contributed by atoms with Crippen LogP contribution in [0.3, 0.4) is 0 Å². The minimum atomic E-state index is -0.124. The van der Waals surface area contributed by atoms with Gasteiger partial charge in [-0.2, -0.15) is 5.10 Å². The molecule has 1 aromatic heterocycles. The maximum absolute atomic E-state index is 12.3. The van der Waals surface area contributed by atoms with E-state index in [1.54, 1.807) is 50.7 Å². The zero-order valence-corrected chi connectivity index (χ0v) is 16.9. The third-order valence-electron chi connectivity index (χ3n) is 4.08. The Hall–Kier alpha value is -2.76. The monoisotopic (exact) mass is 416 g/mol. The molecule has 0 radical (unpaired) electrons. The Labute approximate surface area is 173 Å². The molecule has 2 aromatic carbocycles. The number of hydrogen-bond donors (Lipinski definition) is 0. The van der Waals surface area contributed by atoms with E-state index in [0.29, 0.717) is 27.2 Å². The van der Waals surface area contributed by atoms with Gasteiger partial charge in [0.25, 0.3) is 0 Å². The van der Waals surface area contributed by atoms with E-state index in [1.807, 2.05) is 18.2 Å². The smallest absolute Gasteiger partial charge is 0.203 e. The van der Waals surface area contributed by atoms with Gasteiger partial charge in [-0.3, -0.25) is 9.48 Å². The first kappa shape index (κ1) is 20.0. The van der Waals surface area contributed by atoms with Crippen molar-refractivity contribution >= 4 is 35.1 Å². The van der Waals surface area contributed by atoms with Crippen LogP contribution < -0.4 is 9.47 Å². The van der Waals surface area contributed by atoms with Crippen LogP contribution in [0, 0.1) is 0 Å². The number of nitrogens with zero attached hydrogens (tertiary/aromatic N) is 2. The topological polar surface area (TPSA) is 53.3 Å². The van der Waals surface area contributed by atoms with Gasteiger partial charge >= 0.3 is 0 Å². The molecule has 28 heavy (non-hydrogen) atoms. The van der Waals surface area contributed by atoms with Crippen molar-refractivity contribution < 1.29 is 14.3 Å². The molecule has 0 aliphatic carbocycles. The molecule has 0 N–H and O–H groups in total. The number of allylic oxidation sites excluding steroid dienone is 1. The number of halogens is 2. The summed E-state index contributed by atoms with van der Waals surface area (Å²) < 4.78 is 12.7. The number of hydrogen-bond acceptors (Lipinski definition) is 4. The fourth-order valence-corrected chi connectivity index (χ4v) is 3.10. The van der Waals surface area contributed by atoms with E-state index in [-0.39, 0.29) is 12.4 Å². The molecular formula is C21H18Cl2N2O3. The van der Waals surface area contributed by atoms with Crippen LogP contribution in [0.5, 0.6) is 11.5 Å². The standard InChI is InChI=1S/C21H18Cl2N2O3/c1-25-18(9-10-24-25)19(26)6-3-14-4-7-20(27-2)15(11-14)13-28-21-8-5-16(22)12-17(21)23/h3-12H,13H2,1-2H3/b6-3+. The first-order valence-electron chi connectivity index (χ1n) is 8.43. The molecule has 0 unspecified atom stereocenters. The average molecular weight is 417 g/mol. The second-order valence-corrected chi connectivity index (χ2v) is 6.82. The van der Waals surface area contributed by atoms with E-state index in [0.717, 1.165) is 11.1 Å². The number of rotatable bonds is 7. The highest BCUT2D eigenvalue weighted by Crippen LogP contribution is 2.29. The molecule has 0 atom stereocenters. The van der Waals surface area contributed by atoms with Gasteiger partial charge in [-0.15, -0.1) is 0 Å². The van der Waals surface area contributed by atoms with Gasteiger partial charge in [0.05, 0.1) is 12.1 Å². The summed E-state index contributed by atoms with van der Waals surface area (Å²) in [5.74, 6) is 1.09. The van der Waals surface area contributed by atoms with Crippen molar-refractivity contribution in [1.29, 1.82) is 0 Å². The predicted octanol–water partition coefficient (Wildman–Crippen LogP) is 5.21. The van der Waals surface area contributed by atoms with Crippen LogP contribution in [-0.2, 0) is 13.7 Å². The molecule has 1 heterocycles. The summed E-state index contributed by atoms with van der Waals surface area (Å²) in [5.41, 5.74) is 2.19. The number of methoxy groups -OCH3 is 1. The van der Waals surface area contributed by atoms with Crippen LogP contribution in [0.1, 0.15) is 21.6 Å². The van der Waals surface area contributed by atoms with Crippen LogP contribution >= 0.6 is 23.2 Å². The van der Waals surface area contributed by atoms with Crippen molar-refractivity contribution in [1.82, 2.24) is 9.78 Å². The van der Waals surface area contributed by atoms with Crippen molar-refractivity contribution in [3.05, 3.63) is 81.6 Å². The lowest BCUT2D eigenvalue weighted by Crippen LogP contribution is -2.03. The van der Waals surface area contributed by atoms with Crippen molar-refractivity contribution in [3.63, 3.8) is 0 Å². The molecule has 0 aliphatic rings. The summed E-state index contributed by atoms with van der Waals surface area (Å²) >= 11 is 12.1. The van der Waals surface area contributed by atoms with Gasteiger partial charge in [0.15, 0.2) is 0 Å². The number of carbonyl (C=O) groups is 1. The summed E-state index contributed by atoms with van der Waals surface area (Å²) in [7, 11) is 3.32. The number of carbonyl (C=O) groups excluding carboxylic acids is 1. The molecule has 7 heteroatoms. The Bertz CT molecular complexity index is 1030. The van der Waals surface area contributed by atoms with E-state index in [1.165, 1.54) is 10.8 Å². The molecule has 0 saturated carbocycles.